The van der Waals surface area contributed by atoms with Crippen LogP contribution in [-0.2, 0) is 19.5 Å². The number of ether oxygens (including phenoxy) is 3. The zero-order valence-corrected chi connectivity index (χ0v) is 19.5. The average molecular weight is 453 g/mol. The number of anilines is 1. The number of nitriles is 1. The summed E-state index contributed by atoms with van der Waals surface area (Å²) in [7, 11) is 5.02. The van der Waals surface area contributed by atoms with Crippen molar-refractivity contribution >= 4 is 16.5 Å². The highest BCUT2D eigenvalue weighted by Crippen LogP contribution is 2.39. The largest absolute Gasteiger partial charge is 0.495 e. The number of nitrogens with zero attached hydrogens (tertiary/aromatic N) is 2. The van der Waals surface area contributed by atoms with E-state index in [4.69, 9.17) is 14.2 Å². The van der Waals surface area contributed by atoms with E-state index in [1.165, 1.54) is 5.56 Å². The Balaban J connectivity index is 1.59. The van der Waals surface area contributed by atoms with Gasteiger partial charge in [-0.3, -0.25) is 0 Å². The lowest BCUT2D eigenvalue weighted by Crippen LogP contribution is -2.40. The summed E-state index contributed by atoms with van der Waals surface area (Å²) in [6.07, 6.45) is 3.10. The molecule has 0 atom stereocenters. The Morgan fingerprint density at radius 2 is 1.74 bits per heavy atom. The summed E-state index contributed by atoms with van der Waals surface area (Å²) in [4.78, 5) is 0. The summed E-state index contributed by atoms with van der Waals surface area (Å²) in [6.45, 7) is 1.46. The molecule has 34 heavy (non-hydrogen) atoms. The Labute approximate surface area is 198 Å². The minimum Gasteiger partial charge on any atom is -0.495 e. The SMILES string of the molecule is COc1cc2c(cc1OC)-c1cc3ccc(OC)c(NCc4cccc(C#N)c4)c3c[n+]1CC2. The highest BCUT2D eigenvalue weighted by molar-refractivity contribution is 5.97. The summed E-state index contributed by atoms with van der Waals surface area (Å²) in [5.41, 5.74) is 6.19. The van der Waals surface area contributed by atoms with Crippen molar-refractivity contribution in [1.29, 1.82) is 5.26 Å². The van der Waals surface area contributed by atoms with Crippen LogP contribution >= 0.6 is 0 Å². The third kappa shape index (κ3) is 3.75. The lowest BCUT2D eigenvalue weighted by molar-refractivity contribution is -0.686. The number of aromatic nitrogens is 1. The normalized spacial score (nSPS) is 11.8. The minimum atomic E-state index is 0.590. The molecule has 5 rings (SSSR count). The van der Waals surface area contributed by atoms with Gasteiger partial charge < -0.3 is 19.5 Å². The van der Waals surface area contributed by atoms with E-state index in [-0.39, 0.29) is 0 Å². The molecule has 2 heterocycles. The molecule has 1 aliphatic heterocycles. The van der Waals surface area contributed by atoms with Crippen LogP contribution in [0.25, 0.3) is 22.0 Å². The van der Waals surface area contributed by atoms with E-state index >= 15 is 0 Å². The standard InChI is InChI=1S/C28H25N3O3/c1-32-25-8-7-20-12-24-22-14-27(34-3)26(33-2)13-21(22)9-10-31(24)17-23(20)28(25)30-16-19-6-4-5-18(11-19)15-29/h4-8,11-14,17H,9-10,16H2,1-3H3/p+1. The molecule has 4 aromatic rings. The van der Waals surface area contributed by atoms with Gasteiger partial charge in [0.15, 0.2) is 24.2 Å². The maximum Gasteiger partial charge on any atom is 0.213 e. The van der Waals surface area contributed by atoms with E-state index in [9.17, 15) is 5.26 Å². The van der Waals surface area contributed by atoms with Crippen molar-refractivity contribution in [1.82, 2.24) is 0 Å². The fourth-order valence-corrected chi connectivity index (χ4v) is 4.65. The molecular weight excluding hydrogens is 426 g/mol. The zero-order chi connectivity index (χ0) is 23.7. The number of benzene rings is 3. The smallest absolute Gasteiger partial charge is 0.213 e. The first-order chi connectivity index (χ1) is 16.6. The molecule has 0 fully saturated rings. The molecule has 0 unspecified atom stereocenters. The lowest BCUT2D eigenvalue weighted by atomic mass is 9.95. The van der Waals surface area contributed by atoms with Crippen molar-refractivity contribution in [2.75, 3.05) is 26.6 Å². The van der Waals surface area contributed by atoms with Crippen molar-refractivity contribution in [3.8, 4) is 34.6 Å². The molecule has 0 aliphatic carbocycles. The van der Waals surface area contributed by atoms with Crippen LogP contribution in [0.2, 0.25) is 0 Å². The van der Waals surface area contributed by atoms with Crippen LogP contribution in [0.15, 0.2) is 60.8 Å². The molecule has 0 spiro atoms. The van der Waals surface area contributed by atoms with Gasteiger partial charge in [-0.2, -0.15) is 9.83 Å². The molecule has 170 valence electrons. The third-order valence-corrected chi connectivity index (χ3v) is 6.38. The predicted octanol–water partition coefficient (Wildman–Crippen LogP) is 4.86. The minimum absolute atomic E-state index is 0.590. The quantitative estimate of drug-likeness (QED) is 0.423. The fraction of sp³-hybridized carbons (Fsp3) is 0.214. The third-order valence-electron chi connectivity index (χ3n) is 6.38. The van der Waals surface area contributed by atoms with E-state index in [2.05, 4.69) is 46.4 Å². The Morgan fingerprint density at radius 3 is 2.50 bits per heavy atom. The van der Waals surface area contributed by atoms with Gasteiger partial charge in [0.1, 0.15) is 5.75 Å². The molecule has 1 aromatic heterocycles. The van der Waals surface area contributed by atoms with E-state index in [0.717, 1.165) is 63.5 Å². The summed E-state index contributed by atoms with van der Waals surface area (Å²) < 4.78 is 19.0. The number of nitrogens with one attached hydrogen (secondary N) is 1. The molecule has 0 amide bonds. The van der Waals surface area contributed by atoms with Gasteiger partial charge in [-0.05, 0) is 46.8 Å². The Bertz CT molecular complexity index is 1440. The van der Waals surface area contributed by atoms with Gasteiger partial charge in [-0.15, -0.1) is 0 Å². The fourth-order valence-electron chi connectivity index (χ4n) is 4.65. The molecule has 6 heteroatoms. The Kier molecular flexibility index (Phi) is 5.69. The maximum atomic E-state index is 9.21. The first-order valence-electron chi connectivity index (χ1n) is 11.2. The first-order valence-corrected chi connectivity index (χ1v) is 11.2. The number of fused-ring (bicyclic) bond motifs is 4. The second-order valence-corrected chi connectivity index (χ2v) is 8.28. The van der Waals surface area contributed by atoms with E-state index in [0.29, 0.717) is 12.1 Å². The molecule has 0 saturated carbocycles. The van der Waals surface area contributed by atoms with Crippen LogP contribution in [0, 0.1) is 11.3 Å². The summed E-state index contributed by atoms with van der Waals surface area (Å²) in [6, 6.07) is 20.3. The maximum absolute atomic E-state index is 9.21. The average Bonchev–Trinajstić information content (AvgIpc) is 2.89. The number of rotatable bonds is 6. The van der Waals surface area contributed by atoms with Crippen LogP contribution in [0.5, 0.6) is 17.2 Å². The van der Waals surface area contributed by atoms with Gasteiger partial charge in [0.05, 0.1) is 49.6 Å². The first kappa shape index (κ1) is 21.6. The molecular formula is C28H26N3O3+. The summed E-state index contributed by atoms with van der Waals surface area (Å²) in [5.74, 6) is 2.27. The van der Waals surface area contributed by atoms with Crippen LogP contribution in [0.1, 0.15) is 16.7 Å². The number of aryl methyl sites for hydroxylation is 2. The van der Waals surface area contributed by atoms with Crippen LogP contribution in [0.4, 0.5) is 5.69 Å². The van der Waals surface area contributed by atoms with Crippen LogP contribution in [-0.4, -0.2) is 21.3 Å². The molecule has 3 aromatic carbocycles. The van der Waals surface area contributed by atoms with Crippen molar-refractivity contribution in [3.05, 3.63) is 77.5 Å². The van der Waals surface area contributed by atoms with Crippen molar-refractivity contribution < 1.29 is 18.8 Å². The van der Waals surface area contributed by atoms with Gasteiger partial charge >= 0.3 is 0 Å². The topological polar surface area (TPSA) is 67.4 Å². The summed E-state index contributed by atoms with van der Waals surface area (Å²) in [5, 5.41) is 15.0. The summed E-state index contributed by atoms with van der Waals surface area (Å²) >= 11 is 0. The lowest BCUT2D eigenvalue weighted by Gasteiger charge is -2.19. The predicted molar refractivity (Wildman–Crippen MR) is 131 cm³/mol. The van der Waals surface area contributed by atoms with Crippen LogP contribution in [0.3, 0.4) is 0 Å². The molecule has 0 saturated heterocycles. The Hall–Kier alpha value is -4.24. The van der Waals surface area contributed by atoms with E-state index in [1.807, 2.05) is 30.3 Å². The van der Waals surface area contributed by atoms with Crippen molar-refractivity contribution in [2.24, 2.45) is 0 Å². The van der Waals surface area contributed by atoms with Crippen LogP contribution < -0.4 is 24.1 Å². The van der Waals surface area contributed by atoms with E-state index < -0.39 is 0 Å². The van der Waals surface area contributed by atoms with E-state index in [1.54, 1.807) is 21.3 Å². The second-order valence-electron chi connectivity index (χ2n) is 8.28. The monoisotopic (exact) mass is 452 g/mol. The number of methoxy groups -OCH3 is 3. The van der Waals surface area contributed by atoms with Gasteiger partial charge in [-0.1, -0.05) is 18.2 Å². The van der Waals surface area contributed by atoms with Crippen molar-refractivity contribution in [3.63, 3.8) is 0 Å². The number of hydrogen-bond donors (Lipinski definition) is 1. The van der Waals surface area contributed by atoms with Gasteiger partial charge in [-0.25, -0.2) is 0 Å². The molecule has 0 radical (unpaired) electrons. The van der Waals surface area contributed by atoms with Gasteiger partial charge in [0.25, 0.3) is 0 Å². The Morgan fingerprint density at radius 1 is 0.941 bits per heavy atom. The highest BCUT2D eigenvalue weighted by Gasteiger charge is 2.27. The van der Waals surface area contributed by atoms with Gasteiger partial charge in [0.2, 0.25) is 5.69 Å². The number of hydrogen-bond acceptors (Lipinski definition) is 5. The number of pyridine rings is 1. The molecule has 1 N–H and O–H groups in total. The molecule has 0 bridgehead atoms. The van der Waals surface area contributed by atoms with Gasteiger partial charge in [0, 0.05) is 19.0 Å². The second kappa shape index (κ2) is 8.95. The molecule has 6 nitrogen and oxygen atoms in total. The zero-order valence-electron chi connectivity index (χ0n) is 19.5. The molecule has 1 aliphatic rings. The highest BCUT2D eigenvalue weighted by atomic mass is 16.5. The van der Waals surface area contributed by atoms with Crippen molar-refractivity contribution in [2.45, 2.75) is 19.5 Å².